The average Bonchev–Trinajstić information content (AvgIpc) is 2.55. The first-order valence-electron chi connectivity index (χ1n) is 8.74. The molecule has 1 heterocycles. The van der Waals surface area contributed by atoms with Gasteiger partial charge in [0.05, 0.1) is 0 Å². The predicted octanol–water partition coefficient (Wildman–Crippen LogP) is 2.98. The lowest BCUT2D eigenvalue weighted by Crippen LogP contribution is -2.50. The Balaban J connectivity index is 1.80. The lowest BCUT2D eigenvalue weighted by Gasteiger charge is -2.34. The molecule has 1 aliphatic rings. The van der Waals surface area contributed by atoms with Crippen LogP contribution in [0.25, 0.3) is 0 Å². The Kier molecular flexibility index (Phi) is 7.06. The molecular weight excluding hydrogens is 304 g/mol. The summed E-state index contributed by atoms with van der Waals surface area (Å²) in [6.45, 7) is 8.18. The minimum atomic E-state index is -0.127. The summed E-state index contributed by atoms with van der Waals surface area (Å²) in [5, 5.41) is 5.63. The van der Waals surface area contributed by atoms with Gasteiger partial charge in [-0.2, -0.15) is 0 Å². The fourth-order valence-corrected chi connectivity index (χ4v) is 2.84. The Labute approximate surface area is 144 Å². The van der Waals surface area contributed by atoms with Crippen LogP contribution in [0, 0.1) is 0 Å². The number of hydrogen-bond donors (Lipinski definition) is 2. The molecule has 1 fully saturated rings. The van der Waals surface area contributed by atoms with E-state index in [1.807, 2.05) is 17.0 Å². The fourth-order valence-electron chi connectivity index (χ4n) is 2.84. The Morgan fingerprint density at radius 2 is 1.71 bits per heavy atom. The van der Waals surface area contributed by atoms with Crippen LogP contribution in [0.3, 0.4) is 0 Å². The molecular formula is C18H28N4O2. The van der Waals surface area contributed by atoms with Crippen molar-refractivity contribution < 1.29 is 9.59 Å². The number of carbonyl (C=O) groups excluding carboxylic acids is 2. The molecule has 1 saturated heterocycles. The number of piperazine rings is 1. The molecule has 132 valence electrons. The topological polar surface area (TPSA) is 64.7 Å². The molecule has 0 aliphatic carbocycles. The summed E-state index contributed by atoms with van der Waals surface area (Å²) in [5.74, 6) is -0.127. The zero-order valence-corrected chi connectivity index (χ0v) is 14.7. The van der Waals surface area contributed by atoms with Crippen LogP contribution in [0.5, 0.6) is 0 Å². The summed E-state index contributed by atoms with van der Waals surface area (Å²) in [6, 6.07) is 7.12. The monoisotopic (exact) mass is 332 g/mol. The molecule has 0 atom stereocenters. The van der Waals surface area contributed by atoms with Crippen LogP contribution in [0.1, 0.15) is 33.1 Å². The molecule has 0 aromatic heterocycles. The van der Waals surface area contributed by atoms with Gasteiger partial charge in [0.25, 0.3) is 0 Å². The van der Waals surface area contributed by atoms with Crippen molar-refractivity contribution in [2.45, 2.75) is 33.1 Å². The van der Waals surface area contributed by atoms with Gasteiger partial charge < -0.3 is 15.5 Å². The van der Waals surface area contributed by atoms with Gasteiger partial charge in [-0.05, 0) is 31.2 Å². The minimum absolute atomic E-state index is 0.0804. The SMILES string of the molecule is CCCCCN1CCN(C(=O)Nc2cccc(NC(C)=O)c2)CC1. The second kappa shape index (κ2) is 9.27. The van der Waals surface area contributed by atoms with Crippen LogP contribution in [-0.4, -0.2) is 54.5 Å². The normalized spacial score (nSPS) is 15.2. The van der Waals surface area contributed by atoms with E-state index in [0.717, 1.165) is 32.7 Å². The molecule has 24 heavy (non-hydrogen) atoms. The number of rotatable bonds is 6. The Morgan fingerprint density at radius 1 is 1.04 bits per heavy atom. The van der Waals surface area contributed by atoms with Crippen molar-refractivity contribution in [3.63, 3.8) is 0 Å². The van der Waals surface area contributed by atoms with Crippen LogP contribution in [-0.2, 0) is 4.79 Å². The van der Waals surface area contributed by atoms with Gasteiger partial charge in [-0.25, -0.2) is 4.79 Å². The predicted molar refractivity (Wildman–Crippen MR) is 97.3 cm³/mol. The summed E-state index contributed by atoms with van der Waals surface area (Å²) < 4.78 is 0. The number of anilines is 2. The zero-order chi connectivity index (χ0) is 17.4. The Hall–Kier alpha value is -2.08. The van der Waals surface area contributed by atoms with Gasteiger partial charge in [-0.1, -0.05) is 25.8 Å². The van der Waals surface area contributed by atoms with E-state index >= 15 is 0 Å². The lowest BCUT2D eigenvalue weighted by atomic mass is 10.2. The van der Waals surface area contributed by atoms with Crippen molar-refractivity contribution in [3.05, 3.63) is 24.3 Å². The van der Waals surface area contributed by atoms with E-state index in [0.29, 0.717) is 11.4 Å². The van der Waals surface area contributed by atoms with E-state index in [1.54, 1.807) is 12.1 Å². The number of nitrogens with zero attached hydrogens (tertiary/aromatic N) is 2. The summed E-state index contributed by atoms with van der Waals surface area (Å²) in [4.78, 5) is 27.8. The molecule has 1 aromatic carbocycles. The van der Waals surface area contributed by atoms with Crippen LogP contribution in [0.4, 0.5) is 16.2 Å². The first-order valence-corrected chi connectivity index (χ1v) is 8.74. The largest absolute Gasteiger partial charge is 0.326 e. The van der Waals surface area contributed by atoms with E-state index in [1.165, 1.54) is 26.2 Å². The van der Waals surface area contributed by atoms with Crippen LogP contribution in [0.2, 0.25) is 0 Å². The number of hydrogen-bond acceptors (Lipinski definition) is 3. The molecule has 0 saturated carbocycles. The maximum atomic E-state index is 12.4. The standard InChI is InChI=1S/C18H28N4O2/c1-3-4-5-9-21-10-12-22(13-11-21)18(24)20-17-8-6-7-16(14-17)19-15(2)23/h6-8,14H,3-5,9-13H2,1-2H3,(H,19,23)(H,20,24). The molecule has 2 rings (SSSR count). The van der Waals surface area contributed by atoms with Gasteiger partial charge in [0, 0.05) is 44.5 Å². The van der Waals surface area contributed by atoms with E-state index in [-0.39, 0.29) is 11.9 Å². The van der Waals surface area contributed by atoms with Crippen molar-refractivity contribution in [2.24, 2.45) is 0 Å². The van der Waals surface area contributed by atoms with Gasteiger partial charge >= 0.3 is 6.03 Å². The second-order valence-electron chi connectivity index (χ2n) is 6.23. The van der Waals surface area contributed by atoms with Crippen molar-refractivity contribution in [1.29, 1.82) is 0 Å². The van der Waals surface area contributed by atoms with E-state index < -0.39 is 0 Å². The van der Waals surface area contributed by atoms with Crippen molar-refractivity contribution in [1.82, 2.24) is 9.80 Å². The van der Waals surface area contributed by atoms with E-state index in [4.69, 9.17) is 0 Å². The highest BCUT2D eigenvalue weighted by Crippen LogP contribution is 2.16. The molecule has 3 amide bonds. The molecule has 6 heteroatoms. The maximum absolute atomic E-state index is 12.4. The molecule has 6 nitrogen and oxygen atoms in total. The van der Waals surface area contributed by atoms with Crippen LogP contribution >= 0.6 is 0 Å². The summed E-state index contributed by atoms with van der Waals surface area (Å²) in [6.07, 6.45) is 3.74. The molecule has 2 N–H and O–H groups in total. The Morgan fingerprint density at radius 3 is 2.33 bits per heavy atom. The summed E-state index contributed by atoms with van der Waals surface area (Å²) in [5.41, 5.74) is 1.37. The number of urea groups is 1. The number of carbonyl (C=O) groups is 2. The molecule has 0 radical (unpaired) electrons. The van der Waals surface area contributed by atoms with Crippen LogP contribution < -0.4 is 10.6 Å². The van der Waals surface area contributed by atoms with Crippen molar-refractivity contribution in [3.8, 4) is 0 Å². The number of amides is 3. The highest BCUT2D eigenvalue weighted by molar-refractivity contribution is 5.92. The summed E-state index contributed by atoms with van der Waals surface area (Å²) in [7, 11) is 0. The zero-order valence-electron chi connectivity index (χ0n) is 14.7. The Bertz CT molecular complexity index is 554. The average molecular weight is 332 g/mol. The van der Waals surface area contributed by atoms with Crippen molar-refractivity contribution in [2.75, 3.05) is 43.4 Å². The van der Waals surface area contributed by atoms with Gasteiger partial charge in [-0.15, -0.1) is 0 Å². The fraction of sp³-hybridized carbons (Fsp3) is 0.556. The minimum Gasteiger partial charge on any atom is -0.326 e. The number of nitrogens with one attached hydrogen (secondary N) is 2. The lowest BCUT2D eigenvalue weighted by molar-refractivity contribution is -0.114. The maximum Gasteiger partial charge on any atom is 0.321 e. The third kappa shape index (κ3) is 5.85. The van der Waals surface area contributed by atoms with Crippen LogP contribution in [0.15, 0.2) is 24.3 Å². The smallest absolute Gasteiger partial charge is 0.321 e. The highest BCUT2D eigenvalue weighted by atomic mass is 16.2. The van der Waals surface area contributed by atoms with Gasteiger partial charge in [0.15, 0.2) is 0 Å². The first-order chi connectivity index (χ1) is 11.6. The molecule has 0 spiro atoms. The van der Waals surface area contributed by atoms with E-state index in [9.17, 15) is 9.59 Å². The molecule has 0 bridgehead atoms. The molecule has 0 unspecified atom stereocenters. The quantitative estimate of drug-likeness (QED) is 0.787. The number of unbranched alkanes of at least 4 members (excludes halogenated alkanes) is 2. The second-order valence-corrected chi connectivity index (χ2v) is 6.23. The van der Waals surface area contributed by atoms with Gasteiger partial charge in [-0.3, -0.25) is 9.69 Å². The molecule has 1 aromatic rings. The third-order valence-corrected chi connectivity index (χ3v) is 4.17. The van der Waals surface area contributed by atoms with E-state index in [2.05, 4.69) is 22.5 Å². The van der Waals surface area contributed by atoms with Gasteiger partial charge in [0.2, 0.25) is 5.91 Å². The summed E-state index contributed by atoms with van der Waals surface area (Å²) >= 11 is 0. The highest BCUT2D eigenvalue weighted by Gasteiger charge is 2.20. The van der Waals surface area contributed by atoms with Gasteiger partial charge in [0.1, 0.15) is 0 Å². The first kappa shape index (κ1) is 18.3. The number of benzene rings is 1. The molecule has 1 aliphatic heterocycles. The third-order valence-electron chi connectivity index (χ3n) is 4.17. The van der Waals surface area contributed by atoms with Crippen molar-refractivity contribution >= 4 is 23.3 Å².